The molecular weight excluding hydrogens is 324 g/mol. The van der Waals surface area contributed by atoms with Crippen molar-refractivity contribution in [2.75, 3.05) is 33.0 Å². The quantitative estimate of drug-likeness (QED) is 0.235. The fourth-order valence-electron chi connectivity index (χ4n) is 2.25. The lowest BCUT2D eigenvalue weighted by molar-refractivity contribution is -0.0611. The van der Waals surface area contributed by atoms with E-state index >= 15 is 0 Å². The molecule has 0 aromatic heterocycles. The maximum absolute atomic E-state index is 6.31. The van der Waals surface area contributed by atoms with Crippen LogP contribution in [0.5, 0.6) is 0 Å². The molecule has 0 aromatic carbocycles. The van der Waals surface area contributed by atoms with Gasteiger partial charge in [-0.05, 0) is 33.1 Å². The summed E-state index contributed by atoms with van der Waals surface area (Å²) in [6.07, 6.45) is 6.50. The van der Waals surface area contributed by atoms with E-state index in [1.165, 1.54) is 0 Å². The van der Waals surface area contributed by atoms with E-state index in [4.69, 9.17) is 22.8 Å². The zero-order valence-electron chi connectivity index (χ0n) is 16.4. The van der Waals surface area contributed by atoms with Crippen LogP contribution in [0.3, 0.4) is 0 Å². The van der Waals surface area contributed by atoms with Crippen LogP contribution >= 0.6 is 0 Å². The van der Waals surface area contributed by atoms with Crippen molar-refractivity contribution >= 4 is 8.80 Å². The van der Waals surface area contributed by atoms with Gasteiger partial charge in [0.2, 0.25) is 0 Å². The molecule has 1 heterocycles. The van der Waals surface area contributed by atoms with E-state index in [9.17, 15) is 0 Å². The molecule has 0 aromatic rings. The Kier molecular flexibility index (Phi) is 10.7. The Hall–Kier alpha value is 0.0169. The Bertz CT molecular complexity index is 294. The predicted molar refractivity (Wildman–Crippen MR) is 98.1 cm³/mol. The Morgan fingerprint density at radius 1 is 0.875 bits per heavy atom. The van der Waals surface area contributed by atoms with Crippen molar-refractivity contribution in [2.45, 2.75) is 84.5 Å². The van der Waals surface area contributed by atoms with Gasteiger partial charge in [-0.15, -0.1) is 0 Å². The molecular formula is C18H38O5Si. The maximum Gasteiger partial charge on any atom is 0.534 e. The average Bonchev–Trinajstić information content (AvgIpc) is 3.37. The molecule has 0 bridgehead atoms. The first-order valence-electron chi connectivity index (χ1n) is 9.68. The third-order valence-corrected chi connectivity index (χ3v) is 7.51. The van der Waals surface area contributed by atoms with E-state index in [-0.39, 0.29) is 6.10 Å². The van der Waals surface area contributed by atoms with E-state index in [0.717, 1.165) is 45.1 Å². The van der Waals surface area contributed by atoms with E-state index in [1.54, 1.807) is 0 Å². The molecule has 1 rings (SSSR count). The number of hydrogen-bond donors (Lipinski definition) is 0. The molecule has 5 nitrogen and oxygen atoms in total. The fraction of sp³-hybridized carbons (Fsp3) is 1.00. The summed E-state index contributed by atoms with van der Waals surface area (Å²) < 4.78 is 30.4. The largest absolute Gasteiger partial charge is 0.534 e. The highest BCUT2D eigenvalue weighted by molar-refractivity contribution is 6.63. The van der Waals surface area contributed by atoms with Gasteiger partial charge in [0, 0.05) is 19.8 Å². The summed E-state index contributed by atoms with van der Waals surface area (Å²) in [5, 5.41) is -0.575. The number of unbranched alkanes of at least 4 members (excludes halogenated alkanes) is 3. The Morgan fingerprint density at radius 2 is 1.29 bits per heavy atom. The summed E-state index contributed by atoms with van der Waals surface area (Å²) in [6, 6.07) is 0. The zero-order valence-corrected chi connectivity index (χ0v) is 17.4. The molecule has 1 saturated heterocycles. The van der Waals surface area contributed by atoms with E-state index in [2.05, 4.69) is 20.8 Å². The van der Waals surface area contributed by atoms with Crippen molar-refractivity contribution in [1.82, 2.24) is 0 Å². The molecule has 0 spiro atoms. The van der Waals surface area contributed by atoms with Crippen LogP contribution in [0.15, 0.2) is 0 Å². The molecule has 1 unspecified atom stereocenters. The summed E-state index contributed by atoms with van der Waals surface area (Å²) in [6.45, 7) is 13.9. The summed E-state index contributed by atoms with van der Waals surface area (Å²) in [5.41, 5.74) is 0. The summed E-state index contributed by atoms with van der Waals surface area (Å²) in [7, 11) is -2.95. The second kappa shape index (κ2) is 11.6. The summed E-state index contributed by atoms with van der Waals surface area (Å²) in [5.74, 6) is 0. The number of hydrogen-bond acceptors (Lipinski definition) is 5. The van der Waals surface area contributed by atoms with Crippen LogP contribution in [0.25, 0.3) is 0 Å². The van der Waals surface area contributed by atoms with Crippen molar-refractivity contribution in [3.63, 3.8) is 0 Å². The maximum atomic E-state index is 6.31. The van der Waals surface area contributed by atoms with Crippen LogP contribution in [0.2, 0.25) is 0 Å². The van der Waals surface area contributed by atoms with Crippen molar-refractivity contribution in [2.24, 2.45) is 0 Å². The smallest absolute Gasteiger partial charge is 0.372 e. The molecule has 1 fully saturated rings. The van der Waals surface area contributed by atoms with E-state index in [1.807, 2.05) is 13.8 Å². The average molecular weight is 363 g/mol. The number of rotatable bonds is 16. The van der Waals surface area contributed by atoms with E-state index < -0.39 is 14.0 Å². The highest BCUT2D eigenvalue weighted by atomic mass is 28.4. The molecule has 0 N–H and O–H groups in total. The molecule has 0 aliphatic carbocycles. The summed E-state index contributed by atoms with van der Waals surface area (Å²) >= 11 is 0. The van der Waals surface area contributed by atoms with Gasteiger partial charge in [-0.3, -0.25) is 0 Å². The summed E-state index contributed by atoms with van der Waals surface area (Å²) in [4.78, 5) is 0. The van der Waals surface area contributed by atoms with Crippen molar-refractivity contribution in [3.8, 4) is 0 Å². The van der Waals surface area contributed by atoms with Gasteiger partial charge < -0.3 is 22.8 Å². The molecule has 6 heteroatoms. The molecule has 144 valence electrons. The highest BCUT2D eigenvalue weighted by Crippen LogP contribution is 2.30. The second-order valence-electron chi connectivity index (χ2n) is 6.94. The van der Waals surface area contributed by atoms with Gasteiger partial charge >= 0.3 is 8.80 Å². The molecule has 1 aliphatic heterocycles. The topological polar surface area (TPSA) is 49.5 Å². The fourth-order valence-corrected chi connectivity index (χ4v) is 5.05. The molecule has 0 radical (unpaired) electrons. The Balaban J connectivity index is 2.80. The van der Waals surface area contributed by atoms with Crippen LogP contribution in [0, 0.1) is 0 Å². The number of epoxide rings is 1. The van der Waals surface area contributed by atoms with Crippen LogP contribution in [0.4, 0.5) is 0 Å². The van der Waals surface area contributed by atoms with E-state index in [0.29, 0.717) is 26.4 Å². The molecule has 0 saturated carbocycles. The SMILES string of the molecule is CCCCO[Si](OCCCC)(OCCCC)C(C)(C)OCC1CO1. The first-order valence-corrected chi connectivity index (χ1v) is 11.4. The Labute approximate surface area is 149 Å². The normalized spacial score (nSPS) is 18.1. The lowest BCUT2D eigenvalue weighted by Gasteiger charge is -2.41. The molecule has 1 atom stereocenters. The van der Waals surface area contributed by atoms with Gasteiger partial charge in [0.1, 0.15) is 11.3 Å². The highest BCUT2D eigenvalue weighted by Gasteiger charge is 2.57. The monoisotopic (exact) mass is 362 g/mol. The van der Waals surface area contributed by atoms with Crippen LogP contribution in [0.1, 0.15) is 73.1 Å². The third-order valence-electron chi connectivity index (χ3n) is 4.14. The van der Waals surface area contributed by atoms with Crippen molar-refractivity contribution in [1.29, 1.82) is 0 Å². The first kappa shape index (κ1) is 22.1. The van der Waals surface area contributed by atoms with Crippen LogP contribution < -0.4 is 0 Å². The predicted octanol–water partition coefficient (Wildman–Crippen LogP) is 4.11. The van der Waals surface area contributed by atoms with Crippen molar-refractivity contribution < 1.29 is 22.8 Å². The third kappa shape index (κ3) is 7.50. The lowest BCUT2D eigenvalue weighted by Crippen LogP contribution is -2.64. The molecule has 1 aliphatic rings. The van der Waals surface area contributed by atoms with Crippen molar-refractivity contribution in [3.05, 3.63) is 0 Å². The minimum absolute atomic E-state index is 0.220. The van der Waals surface area contributed by atoms with Gasteiger partial charge in [0.05, 0.1) is 13.2 Å². The first-order chi connectivity index (χ1) is 11.5. The minimum Gasteiger partial charge on any atom is -0.372 e. The lowest BCUT2D eigenvalue weighted by atomic mass is 10.4. The Morgan fingerprint density at radius 3 is 1.62 bits per heavy atom. The van der Waals surface area contributed by atoms with Gasteiger partial charge in [-0.1, -0.05) is 40.0 Å². The van der Waals surface area contributed by atoms with Crippen LogP contribution in [-0.4, -0.2) is 53.2 Å². The van der Waals surface area contributed by atoms with Gasteiger partial charge in [0.15, 0.2) is 0 Å². The molecule has 24 heavy (non-hydrogen) atoms. The standard InChI is InChI=1S/C18H38O5Si/c1-6-9-12-21-24(22-13-10-7-2,23-14-11-8-3)18(4,5)20-16-17-15-19-17/h17H,6-16H2,1-5H3. The minimum atomic E-state index is -2.95. The van der Waals surface area contributed by atoms with Gasteiger partial charge in [-0.2, -0.15) is 0 Å². The van der Waals surface area contributed by atoms with Gasteiger partial charge in [0.25, 0.3) is 0 Å². The zero-order chi connectivity index (χ0) is 17.9. The van der Waals surface area contributed by atoms with Gasteiger partial charge in [-0.25, -0.2) is 0 Å². The van der Waals surface area contributed by atoms with Crippen LogP contribution in [-0.2, 0) is 22.8 Å². The number of ether oxygens (including phenoxy) is 2. The molecule has 0 amide bonds. The second-order valence-corrected chi connectivity index (χ2v) is 10.1.